The smallest absolute Gasteiger partial charge is 0.257 e. The van der Waals surface area contributed by atoms with E-state index < -0.39 is 5.82 Å². The molecule has 0 saturated carbocycles. The Morgan fingerprint density at radius 2 is 1.86 bits per heavy atom. The van der Waals surface area contributed by atoms with E-state index in [1.54, 1.807) is 12.1 Å². The van der Waals surface area contributed by atoms with Crippen molar-refractivity contribution in [2.75, 3.05) is 13.2 Å². The number of benzene rings is 2. The third-order valence-corrected chi connectivity index (χ3v) is 3.45. The Balaban J connectivity index is 1.72. The zero-order chi connectivity index (χ0) is 15.9. The van der Waals surface area contributed by atoms with E-state index in [1.807, 2.05) is 12.1 Å². The summed E-state index contributed by atoms with van der Waals surface area (Å²) in [6.07, 6.45) is 0.695. The van der Waals surface area contributed by atoms with Gasteiger partial charge < -0.3 is 10.1 Å². The molecule has 0 saturated heterocycles. The van der Waals surface area contributed by atoms with Crippen molar-refractivity contribution in [3.8, 4) is 5.75 Å². The molecule has 0 atom stereocenters. The van der Waals surface area contributed by atoms with E-state index >= 15 is 0 Å². The van der Waals surface area contributed by atoms with Gasteiger partial charge in [-0.25, -0.2) is 4.39 Å². The largest absolute Gasteiger partial charge is 0.482 e. The van der Waals surface area contributed by atoms with Crippen molar-refractivity contribution in [3.63, 3.8) is 0 Å². The molecule has 0 unspecified atom stereocenters. The molecule has 0 aliphatic heterocycles. The van der Waals surface area contributed by atoms with Crippen molar-refractivity contribution in [1.29, 1.82) is 0 Å². The Morgan fingerprint density at radius 3 is 2.55 bits per heavy atom. The first-order chi connectivity index (χ1) is 10.5. The first-order valence-corrected chi connectivity index (χ1v) is 7.39. The highest BCUT2D eigenvalue weighted by molar-refractivity contribution is 6.32. The van der Waals surface area contributed by atoms with Crippen LogP contribution < -0.4 is 10.1 Å². The van der Waals surface area contributed by atoms with Crippen LogP contribution in [-0.2, 0) is 11.2 Å². The van der Waals surface area contributed by atoms with Crippen LogP contribution in [0.5, 0.6) is 5.75 Å². The van der Waals surface area contributed by atoms with E-state index in [1.165, 1.54) is 12.1 Å². The quantitative estimate of drug-likeness (QED) is 0.866. The van der Waals surface area contributed by atoms with Gasteiger partial charge in [-0.05, 0) is 42.3 Å². The summed E-state index contributed by atoms with van der Waals surface area (Å²) < 4.78 is 18.1. The van der Waals surface area contributed by atoms with Gasteiger partial charge in [-0.15, -0.1) is 0 Å². The van der Waals surface area contributed by atoms with E-state index in [9.17, 15) is 9.18 Å². The van der Waals surface area contributed by atoms with Crippen LogP contribution >= 0.6 is 23.2 Å². The predicted molar refractivity (Wildman–Crippen MR) is 85.1 cm³/mol. The molecule has 0 heterocycles. The number of hydrogen-bond donors (Lipinski definition) is 1. The fourth-order valence-corrected chi connectivity index (χ4v) is 2.13. The molecule has 0 spiro atoms. The summed E-state index contributed by atoms with van der Waals surface area (Å²) in [5.41, 5.74) is 1.08. The Kier molecular flexibility index (Phi) is 6.04. The monoisotopic (exact) mass is 341 g/mol. The minimum Gasteiger partial charge on any atom is -0.482 e. The lowest BCUT2D eigenvalue weighted by Gasteiger charge is -2.09. The number of rotatable bonds is 6. The number of hydrogen-bond acceptors (Lipinski definition) is 2. The molecule has 2 aromatic rings. The van der Waals surface area contributed by atoms with Crippen LogP contribution in [0.3, 0.4) is 0 Å². The van der Waals surface area contributed by atoms with Gasteiger partial charge in [0.2, 0.25) is 0 Å². The molecule has 1 N–H and O–H groups in total. The van der Waals surface area contributed by atoms with Crippen molar-refractivity contribution in [1.82, 2.24) is 5.32 Å². The van der Waals surface area contributed by atoms with Gasteiger partial charge in [0.1, 0.15) is 11.6 Å². The maximum Gasteiger partial charge on any atom is 0.257 e. The van der Waals surface area contributed by atoms with Gasteiger partial charge in [0, 0.05) is 11.6 Å². The van der Waals surface area contributed by atoms with Crippen molar-refractivity contribution in [2.24, 2.45) is 0 Å². The highest BCUT2D eigenvalue weighted by Gasteiger charge is 2.06. The number of halogens is 3. The fourth-order valence-electron chi connectivity index (χ4n) is 1.78. The maximum atomic E-state index is 12.9. The van der Waals surface area contributed by atoms with Crippen LogP contribution in [-0.4, -0.2) is 19.1 Å². The summed E-state index contributed by atoms with van der Waals surface area (Å²) in [5.74, 6) is -0.449. The molecule has 6 heteroatoms. The summed E-state index contributed by atoms with van der Waals surface area (Å²) in [6, 6.07) is 11.2. The Labute approximate surface area is 138 Å². The lowest BCUT2D eigenvalue weighted by atomic mass is 10.1. The second kappa shape index (κ2) is 8.01. The summed E-state index contributed by atoms with van der Waals surface area (Å²) in [7, 11) is 0. The van der Waals surface area contributed by atoms with Crippen LogP contribution in [0.25, 0.3) is 0 Å². The fraction of sp³-hybridized carbons (Fsp3) is 0.188. The molecule has 2 aromatic carbocycles. The highest BCUT2D eigenvalue weighted by Crippen LogP contribution is 2.24. The molecule has 0 aliphatic rings. The van der Waals surface area contributed by atoms with Crippen LogP contribution in [0.4, 0.5) is 4.39 Å². The van der Waals surface area contributed by atoms with Crippen molar-refractivity contribution < 1.29 is 13.9 Å². The molecule has 0 fully saturated rings. The van der Waals surface area contributed by atoms with E-state index in [0.717, 1.165) is 11.6 Å². The Morgan fingerprint density at radius 1 is 1.14 bits per heavy atom. The molecule has 1 amide bonds. The SMILES string of the molecule is O=C(COc1ccc(F)cc1Cl)NCCc1ccc(Cl)cc1. The molecule has 0 aromatic heterocycles. The molecule has 3 nitrogen and oxygen atoms in total. The van der Waals surface area contributed by atoms with Gasteiger partial charge in [0.25, 0.3) is 5.91 Å². The standard InChI is InChI=1S/C16H14Cl2FNO2/c17-12-3-1-11(2-4-12)7-8-20-16(21)10-22-15-6-5-13(19)9-14(15)18/h1-6,9H,7-8,10H2,(H,20,21). The third-order valence-electron chi connectivity index (χ3n) is 2.90. The second-order valence-corrected chi connectivity index (χ2v) is 5.43. The van der Waals surface area contributed by atoms with E-state index in [4.69, 9.17) is 27.9 Å². The molecule has 0 radical (unpaired) electrons. The molecule has 22 heavy (non-hydrogen) atoms. The normalized spacial score (nSPS) is 10.3. The molecular formula is C16H14Cl2FNO2. The van der Waals surface area contributed by atoms with E-state index in [-0.39, 0.29) is 23.3 Å². The van der Waals surface area contributed by atoms with Crippen LogP contribution in [0, 0.1) is 5.82 Å². The lowest BCUT2D eigenvalue weighted by Crippen LogP contribution is -2.30. The predicted octanol–water partition coefficient (Wildman–Crippen LogP) is 3.87. The summed E-state index contributed by atoms with van der Waals surface area (Å²) in [4.78, 5) is 11.7. The number of carbonyl (C=O) groups is 1. The third kappa shape index (κ3) is 5.20. The van der Waals surface area contributed by atoms with Gasteiger partial charge in [0.05, 0.1) is 5.02 Å². The Hall–Kier alpha value is -1.78. The number of nitrogens with one attached hydrogen (secondary N) is 1. The van der Waals surface area contributed by atoms with Crippen LogP contribution in [0.1, 0.15) is 5.56 Å². The van der Waals surface area contributed by atoms with E-state index in [2.05, 4.69) is 5.32 Å². The molecule has 2 rings (SSSR count). The Bertz CT molecular complexity index is 647. The minimum absolute atomic E-state index is 0.133. The molecule has 0 aliphatic carbocycles. The summed E-state index contributed by atoms with van der Waals surface area (Å²) >= 11 is 11.6. The molecule has 116 valence electrons. The average molecular weight is 342 g/mol. The molecular weight excluding hydrogens is 328 g/mol. The van der Waals surface area contributed by atoms with Gasteiger partial charge in [-0.2, -0.15) is 0 Å². The minimum atomic E-state index is -0.454. The first-order valence-electron chi connectivity index (χ1n) is 6.63. The zero-order valence-electron chi connectivity index (χ0n) is 11.6. The number of amides is 1. The zero-order valence-corrected chi connectivity index (χ0v) is 13.1. The van der Waals surface area contributed by atoms with Crippen molar-refractivity contribution in [2.45, 2.75) is 6.42 Å². The summed E-state index contributed by atoms with van der Waals surface area (Å²) in [5, 5.41) is 3.54. The van der Waals surface area contributed by atoms with Crippen molar-refractivity contribution >= 4 is 29.1 Å². The van der Waals surface area contributed by atoms with Crippen LogP contribution in [0.15, 0.2) is 42.5 Å². The van der Waals surface area contributed by atoms with Crippen molar-refractivity contribution in [3.05, 3.63) is 63.9 Å². The van der Waals surface area contributed by atoms with E-state index in [0.29, 0.717) is 18.0 Å². The van der Waals surface area contributed by atoms with Gasteiger partial charge in [0.15, 0.2) is 6.61 Å². The number of ether oxygens (including phenoxy) is 1. The topological polar surface area (TPSA) is 38.3 Å². The number of carbonyl (C=O) groups excluding carboxylic acids is 1. The van der Waals surface area contributed by atoms with Gasteiger partial charge >= 0.3 is 0 Å². The first kappa shape index (κ1) is 16.6. The second-order valence-electron chi connectivity index (χ2n) is 4.59. The van der Waals surface area contributed by atoms with Crippen LogP contribution in [0.2, 0.25) is 10.0 Å². The van der Waals surface area contributed by atoms with Gasteiger partial charge in [-0.3, -0.25) is 4.79 Å². The molecule has 0 bridgehead atoms. The summed E-state index contributed by atoms with van der Waals surface area (Å²) in [6.45, 7) is 0.312. The maximum absolute atomic E-state index is 12.9. The lowest BCUT2D eigenvalue weighted by molar-refractivity contribution is -0.123. The average Bonchev–Trinajstić information content (AvgIpc) is 2.48. The van der Waals surface area contributed by atoms with Gasteiger partial charge in [-0.1, -0.05) is 35.3 Å². The highest BCUT2D eigenvalue weighted by atomic mass is 35.5.